The first kappa shape index (κ1) is 7.84. The molecule has 2 aliphatic carbocycles. The Morgan fingerprint density at radius 3 is 2.83 bits per heavy atom. The number of hydrogen-bond acceptors (Lipinski definition) is 2. The molecule has 0 spiro atoms. The molecule has 2 rings (SSSR count). The molecule has 12 heavy (non-hydrogen) atoms. The molecule has 1 radical (unpaired) electrons. The molecule has 2 nitrogen and oxygen atoms in total. The van der Waals surface area contributed by atoms with Gasteiger partial charge in [-0.05, 0) is 31.6 Å². The zero-order valence-electron chi connectivity index (χ0n) is 7.03. The lowest BCUT2D eigenvalue weighted by atomic mass is 9.94. The average Bonchev–Trinajstić information content (AvgIpc) is 2.64. The number of carbonyl (C=O) groups excluding carboxylic acids is 1. The van der Waals surface area contributed by atoms with Crippen LogP contribution in [0.2, 0.25) is 0 Å². The maximum atomic E-state index is 11.3. The van der Waals surface area contributed by atoms with Gasteiger partial charge in [0.05, 0.1) is 12.5 Å². The molecule has 0 aromatic carbocycles. The van der Waals surface area contributed by atoms with E-state index < -0.39 is 0 Å². The molecule has 0 aromatic rings. The molecule has 0 N–H and O–H groups in total. The lowest BCUT2D eigenvalue weighted by Crippen LogP contribution is -2.21. The topological polar surface area (TPSA) is 26.3 Å². The van der Waals surface area contributed by atoms with E-state index in [4.69, 9.17) is 4.74 Å². The monoisotopic (exact) mass is 165 g/mol. The van der Waals surface area contributed by atoms with E-state index in [1.165, 1.54) is 0 Å². The predicted molar refractivity (Wildman–Crippen MR) is 45.2 cm³/mol. The fourth-order valence-corrected chi connectivity index (χ4v) is 2.26. The summed E-state index contributed by atoms with van der Waals surface area (Å²) in [6.07, 6.45) is 6.51. The van der Waals surface area contributed by atoms with Crippen LogP contribution >= 0.6 is 0 Å². The summed E-state index contributed by atoms with van der Waals surface area (Å²) >= 11 is 0. The first-order valence-corrected chi connectivity index (χ1v) is 4.45. The minimum Gasteiger partial charge on any atom is -0.465 e. The minimum absolute atomic E-state index is 0.0538. The van der Waals surface area contributed by atoms with E-state index in [0.29, 0.717) is 11.8 Å². The maximum Gasteiger partial charge on any atom is 0.309 e. The third-order valence-electron chi connectivity index (χ3n) is 2.83. The smallest absolute Gasteiger partial charge is 0.309 e. The van der Waals surface area contributed by atoms with Crippen LogP contribution in [0.25, 0.3) is 0 Å². The third-order valence-corrected chi connectivity index (χ3v) is 2.83. The van der Waals surface area contributed by atoms with Crippen LogP contribution in [0, 0.1) is 24.7 Å². The fraction of sp³-hybridized carbons (Fsp3) is 0.600. The second kappa shape index (κ2) is 2.92. The second-order valence-electron chi connectivity index (χ2n) is 3.55. The normalized spacial score (nSPS) is 37.2. The van der Waals surface area contributed by atoms with Crippen LogP contribution in [-0.2, 0) is 9.53 Å². The first-order valence-electron chi connectivity index (χ1n) is 4.45. The standard InChI is InChI=1S/C10H13O2/c1-2-12-10(11)9-6-7-3-4-8(9)5-7/h3-4,7-9H,1-2,5-6H2. The Morgan fingerprint density at radius 2 is 2.33 bits per heavy atom. The summed E-state index contributed by atoms with van der Waals surface area (Å²) in [5.41, 5.74) is 0. The van der Waals surface area contributed by atoms with E-state index in [-0.39, 0.29) is 18.5 Å². The Morgan fingerprint density at radius 1 is 1.50 bits per heavy atom. The highest BCUT2D eigenvalue weighted by atomic mass is 16.5. The van der Waals surface area contributed by atoms with Gasteiger partial charge in [-0.1, -0.05) is 12.2 Å². The van der Waals surface area contributed by atoms with Crippen molar-refractivity contribution in [3.63, 3.8) is 0 Å². The Labute approximate surface area is 72.6 Å². The van der Waals surface area contributed by atoms with Crippen molar-refractivity contribution in [3.8, 4) is 0 Å². The molecular formula is C10H13O2. The van der Waals surface area contributed by atoms with E-state index in [0.717, 1.165) is 12.8 Å². The molecule has 3 atom stereocenters. The van der Waals surface area contributed by atoms with Crippen LogP contribution in [-0.4, -0.2) is 12.6 Å². The second-order valence-corrected chi connectivity index (χ2v) is 3.55. The Hall–Kier alpha value is -0.790. The average molecular weight is 165 g/mol. The van der Waals surface area contributed by atoms with Crippen molar-refractivity contribution in [3.05, 3.63) is 19.1 Å². The van der Waals surface area contributed by atoms with E-state index in [2.05, 4.69) is 19.1 Å². The Kier molecular flexibility index (Phi) is 1.91. The van der Waals surface area contributed by atoms with Crippen molar-refractivity contribution in [1.82, 2.24) is 0 Å². The first-order chi connectivity index (χ1) is 5.81. The lowest BCUT2D eigenvalue weighted by Gasteiger charge is -2.15. The molecule has 3 unspecified atom stereocenters. The fourth-order valence-electron chi connectivity index (χ4n) is 2.26. The van der Waals surface area contributed by atoms with E-state index >= 15 is 0 Å². The molecule has 0 aliphatic heterocycles. The molecule has 0 heterocycles. The molecule has 2 aliphatic rings. The molecule has 2 heteroatoms. The molecular weight excluding hydrogens is 152 g/mol. The SMILES string of the molecule is [CH2]COC(=O)C1CC2C=CC1C2. The van der Waals surface area contributed by atoms with Crippen molar-refractivity contribution in [2.75, 3.05) is 6.61 Å². The molecule has 2 bridgehead atoms. The van der Waals surface area contributed by atoms with Crippen molar-refractivity contribution < 1.29 is 9.53 Å². The zero-order chi connectivity index (χ0) is 8.55. The van der Waals surface area contributed by atoms with E-state index in [9.17, 15) is 4.79 Å². The van der Waals surface area contributed by atoms with Crippen LogP contribution in [0.3, 0.4) is 0 Å². The molecule has 0 saturated heterocycles. The Bertz CT molecular complexity index is 220. The largest absolute Gasteiger partial charge is 0.465 e. The number of carbonyl (C=O) groups is 1. The van der Waals surface area contributed by atoms with Gasteiger partial charge in [-0.2, -0.15) is 0 Å². The highest BCUT2D eigenvalue weighted by molar-refractivity contribution is 5.74. The number of ether oxygens (including phenoxy) is 1. The summed E-state index contributed by atoms with van der Waals surface area (Å²) < 4.78 is 4.89. The van der Waals surface area contributed by atoms with Crippen LogP contribution in [0.5, 0.6) is 0 Å². The van der Waals surface area contributed by atoms with Crippen molar-refractivity contribution in [2.24, 2.45) is 17.8 Å². The summed E-state index contributed by atoms with van der Waals surface area (Å²) in [5, 5.41) is 0. The van der Waals surface area contributed by atoms with Crippen LogP contribution in [0.15, 0.2) is 12.2 Å². The number of fused-ring (bicyclic) bond motifs is 2. The number of hydrogen-bond donors (Lipinski definition) is 0. The summed E-state index contributed by atoms with van der Waals surface area (Å²) in [4.78, 5) is 11.3. The molecule has 65 valence electrons. The summed E-state index contributed by atoms with van der Waals surface area (Å²) in [7, 11) is 0. The molecule has 0 amide bonds. The van der Waals surface area contributed by atoms with Gasteiger partial charge in [0.25, 0.3) is 0 Å². The Balaban J connectivity index is 1.98. The van der Waals surface area contributed by atoms with Crippen molar-refractivity contribution >= 4 is 5.97 Å². The van der Waals surface area contributed by atoms with Gasteiger partial charge in [0.15, 0.2) is 0 Å². The summed E-state index contributed by atoms with van der Waals surface area (Å²) in [5.74, 6) is 1.16. The van der Waals surface area contributed by atoms with Gasteiger partial charge in [0.1, 0.15) is 0 Å². The van der Waals surface area contributed by atoms with Gasteiger partial charge in [0.2, 0.25) is 0 Å². The number of rotatable bonds is 2. The van der Waals surface area contributed by atoms with Gasteiger partial charge in [0, 0.05) is 0 Å². The van der Waals surface area contributed by atoms with E-state index in [1.807, 2.05) is 0 Å². The van der Waals surface area contributed by atoms with E-state index in [1.54, 1.807) is 0 Å². The van der Waals surface area contributed by atoms with Gasteiger partial charge in [-0.15, -0.1) is 0 Å². The minimum atomic E-state index is -0.0538. The van der Waals surface area contributed by atoms with Gasteiger partial charge < -0.3 is 4.74 Å². The van der Waals surface area contributed by atoms with Gasteiger partial charge in [-0.25, -0.2) is 0 Å². The van der Waals surface area contributed by atoms with Crippen LogP contribution in [0.1, 0.15) is 12.8 Å². The highest BCUT2D eigenvalue weighted by Gasteiger charge is 2.40. The van der Waals surface area contributed by atoms with Crippen LogP contribution in [0.4, 0.5) is 0 Å². The van der Waals surface area contributed by atoms with Gasteiger partial charge >= 0.3 is 5.97 Å². The van der Waals surface area contributed by atoms with Crippen LogP contribution < -0.4 is 0 Å². The van der Waals surface area contributed by atoms with Crippen molar-refractivity contribution in [2.45, 2.75) is 12.8 Å². The number of esters is 1. The number of allylic oxidation sites excluding steroid dienone is 2. The highest BCUT2D eigenvalue weighted by Crippen LogP contribution is 2.43. The lowest BCUT2D eigenvalue weighted by molar-refractivity contribution is -0.148. The summed E-state index contributed by atoms with van der Waals surface area (Å²) in [6, 6.07) is 0. The van der Waals surface area contributed by atoms with Gasteiger partial charge in [-0.3, -0.25) is 4.79 Å². The molecule has 1 saturated carbocycles. The summed E-state index contributed by atoms with van der Waals surface area (Å²) in [6.45, 7) is 3.76. The maximum absolute atomic E-state index is 11.3. The quantitative estimate of drug-likeness (QED) is 0.458. The third kappa shape index (κ3) is 1.15. The molecule has 1 fully saturated rings. The predicted octanol–water partition coefficient (Wildman–Crippen LogP) is 1.58. The zero-order valence-corrected chi connectivity index (χ0v) is 7.03. The van der Waals surface area contributed by atoms with Crippen molar-refractivity contribution in [1.29, 1.82) is 0 Å². The molecule has 0 aromatic heterocycles.